The predicted molar refractivity (Wildman–Crippen MR) is 88.6 cm³/mol. The van der Waals surface area contributed by atoms with E-state index in [1.165, 1.54) is 23.9 Å². The summed E-state index contributed by atoms with van der Waals surface area (Å²) in [5.74, 6) is 0.153. The fourth-order valence-electron chi connectivity index (χ4n) is 2.44. The van der Waals surface area contributed by atoms with Crippen LogP contribution in [0.4, 0.5) is 0 Å². The average Bonchev–Trinajstić information content (AvgIpc) is 2.62. The molecule has 9 heteroatoms. The number of rotatable bonds is 4. The van der Waals surface area contributed by atoms with Crippen LogP contribution in [0.3, 0.4) is 0 Å². The molecule has 126 valence electrons. The van der Waals surface area contributed by atoms with Gasteiger partial charge in [-0.3, -0.25) is 19.5 Å². The molecule has 0 aliphatic rings. The normalized spacial score (nSPS) is 10.6. The Hall–Kier alpha value is -3.67. The fraction of sp³-hybridized carbons (Fsp3) is 0.188. The van der Waals surface area contributed by atoms with Gasteiger partial charge in [-0.1, -0.05) is 0 Å². The number of fused-ring (bicyclic) bond motifs is 1. The van der Waals surface area contributed by atoms with Gasteiger partial charge in [0.2, 0.25) is 5.88 Å². The van der Waals surface area contributed by atoms with Crippen LogP contribution in [0.1, 0.15) is 5.56 Å². The lowest BCUT2D eigenvalue weighted by Gasteiger charge is -2.09. The number of methoxy groups -OCH3 is 1. The van der Waals surface area contributed by atoms with Gasteiger partial charge in [0, 0.05) is 24.9 Å². The second kappa shape index (κ2) is 6.45. The summed E-state index contributed by atoms with van der Waals surface area (Å²) < 4.78 is 7.55. The zero-order chi connectivity index (χ0) is 18.0. The van der Waals surface area contributed by atoms with Crippen molar-refractivity contribution in [2.24, 2.45) is 0 Å². The van der Waals surface area contributed by atoms with E-state index in [0.29, 0.717) is 5.52 Å². The molecule has 0 aromatic carbocycles. The Morgan fingerprint density at radius 2 is 2.04 bits per heavy atom. The molecule has 3 aromatic heterocycles. The van der Waals surface area contributed by atoms with Crippen LogP contribution in [0.15, 0.2) is 44.8 Å². The molecule has 3 rings (SSSR count). The Bertz CT molecular complexity index is 1170. The smallest absolute Gasteiger partial charge is 0.265 e. The van der Waals surface area contributed by atoms with Crippen molar-refractivity contribution in [3.63, 3.8) is 0 Å². The summed E-state index contributed by atoms with van der Waals surface area (Å²) in [5.41, 5.74) is -0.557. The van der Waals surface area contributed by atoms with Crippen molar-refractivity contribution in [2.45, 2.75) is 13.1 Å². The number of nitriles is 1. The number of ether oxygens (including phenoxy) is 1. The van der Waals surface area contributed by atoms with Crippen molar-refractivity contribution in [3.8, 4) is 11.9 Å². The summed E-state index contributed by atoms with van der Waals surface area (Å²) in [6.07, 6.45) is 1.54. The monoisotopic (exact) mass is 339 g/mol. The van der Waals surface area contributed by atoms with Crippen LogP contribution in [0, 0.1) is 11.3 Å². The van der Waals surface area contributed by atoms with E-state index in [9.17, 15) is 14.4 Å². The molecule has 9 nitrogen and oxygen atoms in total. The van der Waals surface area contributed by atoms with Gasteiger partial charge in [-0.2, -0.15) is 5.26 Å². The van der Waals surface area contributed by atoms with E-state index in [0.717, 1.165) is 16.8 Å². The van der Waals surface area contributed by atoms with Gasteiger partial charge in [-0.25, -0.2) is 9.67 Å². The third-order valence-electron chi connectivity index (χ3n) is 3.69. The van der Waals surface area contributed by atoms with Crippen LogP contribution in [0.5, 0.6) is 5.88 Å². The Kier molecular flexibility index (Phi) is 4.18. The number of hydrogen-bond acceptors (Lipinski definition) is 6. The number of aryl methyl sites for hydroxylation is 2. The topological polar surface area (TPSA) is 123 Å². The van der Waals surface area contributed by atoms with Gasteiger partial charge in [0.05, 0.1) is 24.6 Å². The molecule has 0 fully saturated rings. The van der Waals surface area contributed by atoms with E-state index in [1.807, 2.05) is 6.07 Å². The molecule has 0 saturated heterocycles. The number of hydrogen-bond donors (Lipinski definition) is 1. The van der Waals surface area contributed by atoms with Gasteiger partial charge in [0.1, 0.15) is 11.6 Å². The zero-order valence-electron chi connectivity index (χ0n) is 13.2. The molecule has 0 radical (unpaired) electrons. The van der Waals surface area contributed by atoms with Gasteiger partial charge in [-0.05, 0) is 12.1 Å². The molecule has 0 saturated carbocycles. The molecular formula is C16H13N5O4. The van der Waals surface area contributed by atoms with Gasteiger partial charge in [-0.15, -0.1) is 0 Å². The Balaban J connectivity index is 2.00. The molecule has 0 amide bonds. The van der Waals surface area contributed by atoms with Gasteiger partial charge < -0.3 is 9.30 Å². The molecule has 3 aromatic rings. The molecule has 0 atom stereocenters. The molecule has 25 heavy (non-hydrogen) atoms. The van der Waals surface area contributed by atoms with Crippen LogP contribution < -0.4 is 21.4 Å². The molecule has 0 bridgehead atoms. The number of nitrogens with zero attached hydrogens (tertiary/aromatic N) is 4. The largest absolute Gasteiger partial charge is 0.480 e. The van der Waals surface area contributed by atoms with E-state index in [2.05, 4.69) is 10.1 Å². The SMILES string of the molecule is COc1nc2ccn(CCn3[nH]c(=O)ccc3=O)c(=O)c2cc1C#N. The average molecular weight is 339 g/mol. The standard InChI is InChI=1S/C16H13N5O4/c1-25-15-10(9-17)8-11-12(18-15)4-5-20(16(11)24)6-7-21-14(23)3-2-13(22)19-21/h2-5,8H,6-7H2,1H3,(H,19,22). The van der Waals surface area contributed by atoms with Crippen molar-refractivity contribution in [3.05, 3.63) is 67.1 Å². The molecular weight excluding hydrogens is 326 g/mol. The molecule has 0 unspecified atom stereocenters. The van der Waals surface area contributed by atoms with Crippen molar-refractivity contribution in [2.75, 3.05) is 7.11 Å². The lowest BCUT2D eigenvalue weighted by molar-refractivity contribution is 0.398. The highest BCUT2D eigenvalue weighted by Crippen LogP contribution is 2.18. The van der Waals surface area contributed by atoms with Crippen molar-refractivity contribution >= 4 is 10.9 Å². The minimum atomic E-state index is -0.402. The highest BCUT2D eigenvalue weighted by Gasteiger charge is 2.11. The van der Waals surface area contributed by atoms with E-state index in [4.69, 9.17) is 10.00 Å². The first-order valence-corrected chi connectivity index (χ1v) is 7.32. The summed E-state index contributed by atoms with van der Waals surface area (Å²) in [6.45, 7) is 0.289. The second-order valence-electron chi connectivity index (χ2n) is 5.20. The summed E-state index contributed by atoms with van der Waals surface area (Å²) in [5, 5.41) is 11.8. The molecule has 1 N–H and O–H groups in total. The molecule has 0 aliphatic carbocycles. The Morgan fingerprint density at radius 3 is 2.76 bits per heavy atom. The molecule has 0 aliphatic heterocycles. The minimum absolute atomic E-state index is 0.120. The first-order valence-electron chi connectivity index (χ1n) is 7.32. The lowest BCUT2D eigenvalue weighted by atomic mass is 10.2. The van der Waals surface area contributed by atoms with Crippen LogP contribution in [-0.2, 0) is 13.1 Å². The Morgan fingerprint density at radius 1 is 1.24 bits per heavy atom. The quantitative estimate of drug-likeness (QED) is 0.704. The summed E-state index contributed by atoms with van der Waals surface area (Å²) >= 11 is 0. The van der Waals surface area contributed by atoms with Gasteiger partial charge in [0.15, 0.2) is 0 Å². The number of aromatic nitrogens is 4. The van der Waals surface area contributed by atoms with Crippen molar-refractivity contribution < 1.29 is 4.74 Å². The summed E-state index contributed by atoms with van der Waals surface area (Å²) in [7, 11) is 1.40. The molecule has 3 heterocycles. The van der Waals surface area contributed by atoms with E-state index in [1.54, 1.807) is 6.07 Å². The second-order valence-corrected chi connectivity index (χ2v) is 5.20. The maximum Gasteiger partial charge on any atom is 0.265 e. The van der Waals surface area contributed by atoms with E-state index < -0.39 is 5.56 Å². The highest BCUT2D eigenvalue weighted by atomic mass is 16.5. The molecule has 0 spiro atoms. The predicted octanol–water partition coefficient (Wildman–Crippen LogP) is -0.173. The van der Waals surface area contributed by atoms with E-state index in [-0.39, 0.29) is 41.0 Å². The Labute approximate surface area is 140 Å². The third kappa shape index (κ3) is 3.05. The lowest BCUT2D eigenvalue weighted by Crippen LogP contribution is -2.31. The number of pyridine rings is 2. The summed E-state index contributed by atoms with van der Waals surface area (Å²) in [4.78, 5) is 39.7. The third-order valence-corrected chi connectivity index (χ3v) is 3.69. The van der Waals surface area contributed by atoms with E-state index >= 15 is 0 Å². The number of aromatic amines is 1. The van der Waals surface area contributed by atoms with Gasteiger partial charge in [0.25, 0.3) is 16.7 Å². The van der Waals surface area contributed by atoms with Gasteiger partial charge >= 0.3 is 0 Å². The first kappa shape index (κ1) is 16.2. The first-order chi connectivity index (χ1) is 12.0. The van der Waals surface area contributed by atoms with Crippen LogP contribution in [0.25, 0.3) is 10.9 Å². The van der Waals surface area contributed by atoms with Crippen molar-refractivity contribution in [1.29, 1.82) is 5.26 Å². The number of nitrogens with one attached hydrogen (secondary N) is 1. The van der Waals surface area contributed by atoms with Crippen LogP contribution in [-0.4, -0.2) is 26.4 Å². The summed E-state index contributed by atoms with van der Waals surface area (Å²) in [6, 6.07) is 7.29. The van der Waals surface area contributed by atoms with Crippen molar-refractivity contribution in [1.82, 2.24) is 19.3 Å². The minimum Gasteiger partial charge on any atom is -0.480 e. The maximum absolute atomic E-state index is 12.6. The number of H-pyrrole nitrogens is 1. The van der Waals surface area contributed by atoms with Crippen LogP contribution in [0.2, 0.25) is 0 Å². The maximum atomic E-state index is 12.6. The zero-order valence-corrected chi connectivity index (χ0v) is 13.2. The highest BCUT2D eigenvalue weighted by molar-refractivity contribution is 5.79. The van der Waals surface area contributed by atoms with Crippen LogP contribution >= 0.6 is 0 Å². The fourth-order valence-corrected chi connectivity index (χ4v) is 2.44.